The van der Waals surface area contributed by atoms with Gasteiger partial charge in [-0.3, -0.25) is 4.79 Å². The predicted octanol–water partition coefficient (Wildman–Crippen LogP) is 2.45. The molecular weight excluding hydrogens is 190 g/mol. The molecule has 80 valence electrons. The zero-order valence-electron chi connectivity index (χ0n) is 9.53. The highest BCUT2D eigenvalue weighted by Crippen LogP contribution is 2.29. The van der Waals surface area contributed by atoms with Crippen LogP contribution in [0.2, 0.25) is 0 Å². The number of carbonyl (C=O) groups excluding carboxylic acids is 1. The Balaban J connectivity index is 2.67. The molecule has 0 saturated carbocycles. The summed E-state index contributed by atoms with van der Waals surface area (Å²) in [7, 11) is 0. The third-order valence-corrected chi connectivity index (χ3v) is 2.56. The zero-order chi connectivity index (χ0) is 11.2. The normalized spacial score (nSPS) is 15.5. The van der Waals surface area contributed by atoms with Gasteiger partial charge in [-0.25, -0.2) is 9.98 Å². The van der Waals surface area contributed by atoms with Gasteiger partial charge < -0.3 is 4.57 Å². The highest BCUT2D eigenvalue weighted by molar-refractivity contribution is 6.13. The van der Waals surface area contributed by atoms with E-state index in [2.05, 4.69) is 23.8 Å². The number of hydrogen-bond donors (Lipinski definition) is 0. The van der Waals surface area contributed by atoms with Crippen LogP contribution in [0.5, 0.6) is 0 Å². The average Bonchev–Trinajstić information content (AvgIpc) is 2.41. The highest BCUT2D eigenvalue weighted by Gasteiger charge is 2.25. The molecule has 0 aliphatic carbocycles. The lowest BCUT2D eigenvalue weighted by Gasteiger charge is -2.14. The van der Waals surface area contributed by atoms with E-state index >= 15 is 0 Å². The summed E-state index contributed by atoms with van der Waals surface area (Å²) in [4.78, 5) is 20.5. The molecule has 0 bridgehead atoms. The maximum atomic E-state index is 11.7. The summed E-state index contributed by atoms with van der Waals surface area (Å²) in [5.74, 6) is 1.68. The van der Waals surface area contributed by atoms with Crippen molar-refractivity contribution < 1.29 is 4.79 Å². The van der Waals surface area contributed by atoms with Gasteiger partial charge in [0.15, 0.2) is 17.3 Å². The van der Waals surface area contributed by atoms with Crippen molar-refractivity contribution in [1.29, 1.82) is 0 Å². The van der Waals surface area contributed by atoms with Crippen molar-refractivity contribution >= 4 is 17.3 Å². The SMILES string of the molecule is CC1=Nc2c(nc(C)n2C(C)C)C(=O)C1. The van der Waals surface area contributed by atoms with Crippen LogP contribution in [0.3, 0.4) is 0 Å². The summed E-state index contributed by atoms with van der Waals surface area (Å²) < 4.78 is 2.01. The van der Waals surface area contributed by atoms with E-state index in [1.165, 1.54) is 0 Å². The number of carbonyl (C=O) groups is 1. The molecule has 0 atom stereocenters. The quantitative estimate of drug-likeness (QED) is 0.707. The Morgan fingerprint density at radius 3 is 2.60 bits per heavy atom. The van der Waals surface area contributed by atoms with Gasteiger partial charge in [0.25, 0.3) is 0 Å². The van der Waals surface area contributed by atoms with Crippen molar-refractivity contribution in [3.63, 3.8) is 0 Å². The lowest BCUT2D eigenvalue weighted by molar-refractivity contribution is 0.0995. The first-order chi connectivity index (χ1) is 7.00. The number of imidazole rings is 1. The van der Waals surface area contributed by atoms with Crippen molar-refractivity contribution in [3.8, 4) is 0 Å². The predicted molar refractivity (Wildman–Crippen MR) is 59.1 cm³/mol. The number of nitrogens with zero attached hydrogens (tertiary/aromatic N) is 3. The molecule has 0 N–H and O–H groups in total. The first-order valence-corrected chi connectivity index (χ1v) is 5.17. The fraction of sp³-hybridized carbons (Fsp3) is 0.545. The van der Waals surface area contributed by atoms with Gasteiger partial charge in [0.05, 0.1) is 6.42 Å². The second-order valence-corrected chi connectivity index (χ2v) is 4.24. The number of aliphatic imine (C=N–C) groups is 1. The van der Waals surface area contributed by atoms with E-state index in [4.69, 9.17) is 0 Å². The van der Waals surface area contributed by atoms with Gasteiger partial charge >= 0.3 is 0 Å². The van der Waals surface area contributed by atoms with Crippen LogP contribution in [-0.4, -0.2) is 21.0 Å². The number of aryl methyl sites for hydroxylation is 1. The van der Waals surface area contributed by atoms with Gasteiger partial charge in [-0.1, -0.05) is 0 Å². The third-order valence-electron chi connectivity index (χ3n) is 2.56. The van der Waals surface area contributed by atoms with Crippen LogP contribution in [0.15, 0.2) is 4.99 Å². The monoisotopic (exact) mass is 205 g/mol. The topological polar surface area (TPSA) is 47.2 Å². The van der Waals surface area contributed by atoms with E-state index in [9.17, 15) is 4.79 Å². The number of ketones is 1. The molecule has 2 rings (SSSR count). The molecule has 0 unspecified atom stereocenters. The molecule has 1 aliphatic rings. The van der Waals surface area contributed by atoms with Crippen molar-refractivity contribution in [2.24, 2.45) is 4.99 Å². The van der Waals surface area contributed by atoms with E-state index in [0.29, 0.717) is 12.1 Å². The molecule has 0 saturated heterocycles. The van der Waals surface area contributed by atoms with Crippen LogP contribution >= 0.6 is 0 Å². The van der Waals surface area contributed by atoms with Gasteiger partial charge in [-0.2, -0.15) is 0 Å². The fourth-order valence-electron chi connectivity index (χ4n) is 1.98. The van der Waals surface area contributed by atoms with Crippen LogP contribution in [-0.2, 0) is 0 Å². The van der Waals surface area contributed by atoms with E-state index < -0.39 is 0 Å². The van der Waals surface area contributed by atoms with Crippen molar-refractivity contribution in [3.05, 3.63) is 11.5 Å². The first kappa shape index (κ1) is 10.1. The van der Waals surface area contributed by atoms with Crippen molar-refractivity contribution in [2.45, 2.75) is 40.2 Å². The number of fused-ring (bicyclic) bond motifs is 1. The van der Waals surface area contributed by atoms with Gasteiger partial charge in [-0.05, 0) is 27.7 Å². The molecule has 1 aromatic heterocycles. The molecule has 0 radical (unpaired) electrons. The Morgan fingerprint density at radius 1 is 1.33 bits per heavy atom. The lowest BCUT2D eigenvalue weighted by atomic mass is 10.1. The molecule has 0 spiro atoms. The summed E-state index contributed by atoms with van der Waals surface area (Å²) in [5.41, 5.74) is 1.40. The molecule has 4 nitrogen and oxygen atoms in total. The Kier molecular flexibility index (Phi) is 2.21. The minimum Gasteiger partial charge on any atom is -0.310 e. The number of rotatable bonds is 1. The van der Waals surface area contributed by atoms with E-state index in [1.54, 1.807) is 0 Å². The summed E-state index contributed by atoms with van der Waals surface area (Å²) in [6.45, 7) is 7.93. The van der Waals surface area contributed by atoms with Crippen molar-refractivity contribution in [2.75, 3.05) is 0 Å². The standard InChI is InChI=1S/C11H15N3O/c1-6(2)14-8(4)13-10-9(15)5-7(3)12-11(10)14/h6H,5H2,1-4H3. The lowest BCUT2D eigenvalue weighted by Crippen LogP contribution is -2.12. The van der Waals surface area contributed by atoms with Gasteiger partial charge in [0, 0.05) is 11.8 Å². The molecule has 0 aromatic carbocycles. The Hall–Kier alpha value is -1.45. The van der Waals surface area contributed by atoms with Crippen LogP contribution in [0.1, 0.15) is 49.5 Å². The Morgan fingerprint density at radius 2 is 2.00 bits per heavy atom. The van der Waals surface area contributed by atoms with Gasteiger partial charge in [-0.15, -0.1) is 0 Å². The van der Waals surface area contributed by atoms with Crippen LogP contribution in [0.25, 0.3) is 0 Å². The summed E-state index contributed by atoms with van der Waals surface area (Å²) in [5, 5.41) is 0. The van der Waals surface area contributed by atoms with Gasteiger partial charge in [0.1, 0.15) is 5.82 Å². The average molecular weight is 205 g/mol. The van der Waals surface area contributed by atoms with E-state index in [-0.39, 0.29) is 11.8 Å². The zero-order valence-corrected chi connectivity index (χ0v) is 9.53. The van der Waals surface area contributed by atoms with E-state index in [1.807, 2.05) is 18.4 Å². The molecule has 0 fully saturated rings. The number of aromatic nitrogens is 2. The van der Waals surface area contributed by atoms with Crippen LogP contribution < -0.4 is 0 Å². The second kappa shape index (κ2) is 3.29. The number of hydrogen-bond acceptors (Lipinski definition) is 3. The highest BCUT2D eigenvalue weighted by atomic mass is 16.1. The minimum atomic E-state index is 0.0833. The second-order valence-electron chi connectivity index (χ2n) is 4.24. The molecular formula is C11H15N3O. The summed E-state index contributed by atoms with van der Waals surface area (Å²) in [6.07, 6.45) is 0.404. The molecule has 2 heterocycles. The third kappa shape index (κ3) is 1.50. The Bertz CT molecular complexity index is 455. The summed E-state index contributed by atoms with van der Waals surface area (Å²) >= 11 is 0. The molecule has 1 aromatic rings. The minimum absolute atomic E-state index is 0.0833. The van der Waals surface area contributed by atoms with Crippen LogP contribution in [0.4, 0.5) is 5.82 Å². The summed E-state index contributed by atoms with van der Waals surface area (Å²) in [6, 6.07) is 0.281. The van der Waals surface area contributed by atoms with Gasteiger partial charge in [0.2, 0.25) is 0 Å². The first-order valence-electron chi connectivity index (χ1n) is 5.17. The maximum absolute atomic E-state index is 11.7. The number of Topliss-reactive ketones (excluding diaryl/α,β-unsaturated/α-hetero) is 1. The fourth-order valence-corrected chi connectivity index (χ4v) is 1.98. The molecule has 15 heavy (non-hydrogen) atoms. The van der Waals surface area contributed by atoms with Crippen molar-refractivity contribution in [1.82, 2.24) is 9.55 Å². The molecule has 1 aliphatic heterocycles. The van der Waals surface area contributed by atoms with E-state index in [0.717, 1.165) is 17.4 Å². The smallest absolute Gasteiger partial charge is 0.190 e. The molecule has 0 amide bonds. The Labute approximate surface area is 89.0 Å². The maximum Gasteiger partial charge on any atom is 0.190 e. The van der Waals surface area contributed by atoms with Crippen LogP contribution in [0, 0.1) is 6.92 Å². The molecule has 4 heteroatoms. The largest absolute Gasteiger partial charge is 0.310 e.